The fourth-order valence-electron chi connectivity index (χ4n) is 1.76. The molecule has 0 aliphatic rings. The highest BCUT2D eigenvalue weighted by Gasteiger charge is 2.16. The Hall–Kier alpha value is -1.40. The summed E-state index contributed by atoms with van der Waals surface area (Å²) in [6.45, 7) is -0.0661. The number of aliphatic hydroxyl groups excluding tert-OH is 1. The van der Waals surface area contributed by atoms with E-state index in [0.717, 1.165) is 0 Å². The summed E-state index contributed by atoms with van der Waals surface area (Å²) in [5, 5.41) is 13.3. The topological polar surface area (TPSA) is 64.7 Å². The maximum Gasteiger partial charge on any atom is 0.162 e. The molecule has 0 unspecified atom stereocenters. The molecule has 8 heteroatoms. The van der Waals surface area contributed by atoms with Gasteiger partial charge in [0.25, 0.3) is 0 Å². The molecule has 1 heterocycles. The molecule has 0 aliphatic carbocycles. The molecular weight excluding hydrogens is 353 g/mol. The second-order valence-electron chi connectivity index (χ2n) is 4.13. The Labute approximate surface area is 142 Å². The summed E-state index contributed by atoms with van der Waals surface area (Å²) in [6.07, 6.45) is 1.50. The molecule has 0 fully saturated rings. The number of methoxy groups -OCH3 is 1. The third-order valence-corrected chi connectivity index (χ3v) is 3.29. The first-order valence-corrected chi connectivity index (χ1v) is 7.27. The molecule has 0 spiro atoms. The quantitative estimate of drug-likeness (QED) is 0.832. The minimum absolute atomic E-state index is 0.115. The standard InChI is InChI=1S/C14H12Cl3NO4/c1-20-14-10(12-6-9(7-19)22-18-12)4-8(5-11(14)15)21-3-2-13(16)17/h2,4-6,19H,3,7H2,1H3. The third kappa shape index (κ3) is 4.08. The first-order chi connectivity index (χ1) is 10.5. The molecule has 118 valence electrons. The van der Waals surface area contributed by atoms with Crippen molar-refractivity contribution in [2.45, 2.75) is 6.61 Å². The van der Waals surface area contributed by atoms with Gasteiger partial charge in [-0.3, -0.25) is 0 Å². The highest BCUT2D eigenvalue weighted by atomic mass is 35.5. The molecule has 0 bridgehead atoms. The summed E-state index contributed by atoms with van der Waals surface area (Å²) in [5.74, 6) is 1.24. The van der Waals surface area contributed by atoms with E-state index in [1.165, 1.54) is 13.2 Å². The number of benzene rings is 1. The fraction of sp³-hybridized carbons (Fsp3) is 0.214. The van der Waals surface area contributed by atoms with Crippen LogP contribution in [0.5, 0.6) is 11.5 Å². The number of rotatable bonds is 6. The predicted octanol–water partition coefficient (Wildman–Crippen LogP) is 4.19. The van der Waals surface area contributed by atoms with Crippen LogP contribution >= 0.6 is 34.8 Å². The molecule has 1 N–H and O–H groups in total. The minimum Gasteiger partial charge on any atom is -0.494 e. The lowest BCUT2D eigenvalue weighted by atomic mass is 10.1. The van der Waals surface area contributed by atoms with Gasteiger partial charge < -0.3 is 19.1 Å². The van der Waals surface area contributed by atoms with Crippen molar-refractivity contribution in [3.05, 3.63) is 39.5 Å². The first-order valence-electron chi connectivity index (χ1n) is 6.13. The Morgan fingerprint density at radius 1 is 1.36 bits per heavy atom. The van der Waals surface area contributed by atoms with E-state index in [0.29, 0.717) is 33.5 Å². The monoisotopic (exact) mass is 363 g/mol. The number of aromatic nitrogens is 1. The van der Waals surface area contributed by atoms with Crippen LogP contribution in [0, 0.1) is 0 Å². The minimum atomic E-state index is -0.252. The van der Waals surface area contributed by atoms with Gasteiger partial charge in [-0.2, -0.15) is 0 Å². The summed E-state index contributed by atoms with van der Waals surface area (Å²) >= 11 is 17.2. The van der Waals surface area contributed by atoms with Crippen LogP contribution < -0.4 is 9.47 Å². The molecule has 0 radical (unpaired) electrons. The second kappa shape index (κ2) is 7.74. The van der Waals surface area contributed by atoms with E-state index in [4.69, 9.17) is 53.9 Å². The van der Waals surface area contributed by atoms with Crippen molar-refractivity contribution in [3.63, 3.8) is 0 Å². The number of aliphatic hydroxyl groups is 1. The van der Waals surface area contributed by atoms with Gasteiger partial charge in [-0.05, 0) is 12.1 Å². The molecule has 0 atom stereocenters. The third-order valence-electron chi connectivity index (χ3n) is 2.70. The Morgan fingerprint density at radius 3 is 2.73 bits per heavy atom. The van der Waals surface area contributed by atoms with Crippen molar-refractivity contribution in [3.8, 4) is 22.8 Å². The zero-order chi connectivity index (χ0) is 16.1. The highest BCUT2D eigenvalue weighted by Crippen LogP contribution is 2.39. The Balaban J connectivity index is 2.37. The summed E-state index contributed by atoms with van der Waals surface area (Å²) < 4.78 is 15.9. The maximum absolute atomic E-state index is 9.05. The molecule has 2 aromatic rings. The van der Waals surface area contributed by atoms with Crippen molar-refractivity contribution in [2.75, 3.05) is 13.7 Å². The molecule has 0 saturated heterocycles. The van der Waals surface area contributed by atoms with Gasteiger partial charge in [0.05, 0.1) is 17.7 Å². The van der Waals surface area contributed by atoms with E-state index in [-0.39, 0.29) is 17.7 Å². The van der Waals surface area contributed by atoms with E-state index >= 15 is 0 Å². The maximum atomic E-state index is 9.05. The lowest BCUT2D eigenvalue weighted by Gasteiger charge is -2.11. The molecule has 0 aliphatic heterocycles. The number of hydrogen-bond acceptors (Lipinski definition) is 5. The lowest BCUT2D eigenvalue weighted by Crippen LogP contribution is -1.96. The van der Waals surface area contributed by atoms with Crippen LogP contribution in [0.15, 0.2) is 33.3 Å². The van der Waals surface area contributed by atoms with Crippen LogP contribution in [0.3, 0.4) is 0 Å². The van der Waals surface area contributed by atoms with Crippen molar-refractivity contribution < 1.29 is 19.1 Å². The Morgan fingerprint density at radius 2 is 2.14 bits per heavy atom. The summed E-state index contributed by atoms with van der Waals surface area (Å²) in [6, 6.07) is 4.89. The zero-order valence-corrected chi connectivity index (χ0v) is 13.7. The van der Waals surface area contributed by atoms with E-state index < -0.39 is 0 Å². The normalized spacial score (nSPS) is 10.4. The molecule has 1 aromatic carbocycles. The molecule has 22 heavy (non-hydrogen) atoms. The number of ether oxygens (including phenoxy) is 2. The van der Waals surface area contributed by atoms with E-state index in [2.05, 4.69) is 5.16 Å². The highest BCUT2D eigenvalue weighted by molar-refractivity contribution is 6.55. The second-order valence-corrected chi connectivity index (χ2v) is 5.54. The van der Waals surface area contributed by atoms with Gasteiger partial charge in [0, 0.05) is 12.1 Å². The van der Waals surface area contributed by atoms with Gasteiger partial charge in [-0.25, -0.2) is 0 Å². The predicted molar refractivity (Wildman–Crippen MR) is 84.7 cm³/mol. The fourth-order valence-corrected chi connectivity index (χ4v) is 2.18. The average Bonchev–Trinajstić information content (AvgIpc) is 2.95. The van der Waals surface area contributed by atoms with Crippen LogP contribution in [0.4, 0.5) is 0 Å². The summed E-state index contributed by atoms with van der Waals surface area (Å²) in [5.41, 5.74) is 1.05. The van der Waals surface area contributed by atoms with Gasteiger partial charge in [-0.15, -0.1) is 0 Å². The molecule has 0 amide bonds. The average molecular weight is 365 g/mol. The van der Waals surface area contributed by atoms with Crippen molar-refractivity contribution in [2.24, 2.45) is 0 Å². The van der Waals surface area contributed by atoms with Crippen LogP contribution in [-0.2, 0) is 6.61 Å². The van der Waals surface area contributed by atoms with Crippen molar-refractivity contribution in [1.82, 2.24) is 5.16 Å². The van der Waals surface area contributed by atoms with Crippen LogP contribution in [-0.4, -0.2) is 24.0 Å². The van der Waals surface area contributed by atoms with Gasteiger partial charge >= 0.3 is 0 Å². The Bertz CT molecular complexity index is 681. The zero-order valence-electron chi connectivity index (χ0n) is 11.5. The molecule has 1 aromatic heterocycles. The first kappa shape index (κ1) is 17.0. The number of hydrogen-bond donors (Lipinski definition) is 1. The molecular formula is C14H12Cl3NO4. The van der Waals surface area contributed by atoms with E-state index in [9.17, 15) is 0 Å². The molecule has 0 saturated carbocycles. The molecule has 2 rings (SSSR count). The molecule has 5 nitrogen and oxygen atoms in total. The summed E-state index contributed by atoms with van der Waals surface area (Å²) in [7, 11) is 1.49. The summed E-state index contributed by atoms with van der Waals surface area (Å²) in [4.78, 5) is 0. The Kier molecular flexibility index (Phi) is 5.97. The largest absolute Gasteiger partial charge is 0.494 e. The van der Waals surface area contributed by atoms with Crippen molar-refractivity contribution >= 4 is 34.8 Å². The van der Waals surface area contributed by atoms with Gasteiger partial charge in [-0.1, -0.05) is 40.0 Å². The smallest absolute Gasteiger partial charge is 0.162 e. The van der Waals surface area contributed by atoms with E-state index in [1.54, 1.807) is 18.2 Å². The van der Waals surface area contributed by atoms with Crippen molar-refractivity contribution in [1.29, 1.82) is 0 Å². The van der Waals surface area contributed by atoms with Crippen LogP contribution in [0.2, 0.25) is 5.02 Å². The van der Waals surface area contributed by atoms with Crippen LogP contribution in [0.25, 0.3) is 11.3 Å². The lowest BCUT2D eigenvalue weighted by molar-refractivity contribution is 0.229. The van der Waals surface area contributed by atoms with Crippen LogP contribution in [0.1, 0.15) is 5.76 Å². The van der Waals surface area contributed by atoms with Gasteiger partial charge in [0.15, 0.2) is 5.76 Å². The number of halogens is 3. The van der Waals surface area contributed by atoms with Gasteiger partial charge in [0.1, 0.15) is 34.9 Å². The SMILES string of the molecule is COc1c(Cl)cc(OCC=C(Cl)Cl)cc1-c1cc(CO)on1. The number of nitrogens with zero attached hydrogens (tertiary/aromatic N) is 1. The van der Waals surface area contributed by atoms with Gasteiger partial charge in [0.2, 0.25) is 0 Å². The van der Waals surface area contributed by atoms with E-state index in [1.807, 2.05) is 0 Å².